The van der Waals surface area contributed by atoms with Crippen LogP contribution in [0.2, 0.25) is 0 Å². The maximum Gasteiger partial charge on any atom is 0.274 e. The van der Waals surface area contributed by atoms with Gasteiger partial charge in [-0.25, -0.2) is 9.97 Å². The molecule has 22 heavy (non-hydrogen) atoms. The third-order valence-corrected chi connectivity index (χ3v) is 4.19. The number of rotatable bonds is 3. The minimum absolute atomic E-state index is 0.224. The molecule has 2 heterocycles. The van der Waals surface area contributed by atoms with Crippen LogP contribution in [0.25, 0.3) is 0 Å². The second kappa shape index (κ2) is 6.98. The molecule has 1 saturated heterocycles. The van der Waals surface area contributed by atoms with Gasteiger partial charge >= 0.3 is 0 Å². The number of nitrogens with zero attached hydrogens (tertiary/aromatic N) is 2. The molecule has 0 atom stereocenters. The van der Waals surface area contributed by atoms with Crippen molar-refractivity contribution in [3.05, 3.63) is 52.5 Å². The monoisotopic (exact) mass is 361 g/mol. The number of benzene rings is 1. The standard InChI is InChI=1S/C16H16BrN3O2/c17-12-1-3-13(4-2-12)20-16(21)15-9-14(18-10-19-15)11-5-7-22-8-6-11/h1-4,9-11H,5-8H2,(H,20,21). The summed E-state index contributed by atoms with van der Waals surface area (Å²) in [7, 11) is 0. The van der Waals surface area contributed by atoms with E-state index in [9.17, 15) is 4.79 Å². The third kappa shape index (κ3) is 3.69. The topological polar surface area (TPSA) is 64.1 Å². The molecule has 1 aliphatic heterocycles. The molecular formula is C16H16BrN3O2. The van der Waals surface area contributed by atoms with Crippen molar-refractivity contribution in [3.63, 3.8) is 0 Å². The molecule has 0 unspecified atom stereocenters. The molecule has 1 fully saturated rings. The Morgan fingerprint density at radius 3 is 2.64 bits per heavy atom. The van der Waals surface area contributed by atoms with E-state index in [0.717, 1.165) is 41.9 Å². The van der Waals surface area contributed by atoms with E-state index in [-0.39, 0.29) is 5.91 Å². The number of anilines is 1. The Morgan fingerprint density at radius 1 is 1.18 bits per heavy atom. The molecule has 0 bridgehead atoms. The highest BCUT2D eigenvalue weighted by Gasteiger charge is 2.19. The highest BCUT2D eigenvalue weighted by molar-refractivity contribution is 9.10. The number of halogens is 1. The van der Waals surface area contributed by atoms with Crippen molar-refractivity contribution in [2.24, 2.45) is 0 Å². The summed E-state index contributed by atoms with van der Waals surface area (Å²) in [5.74, 6) is 0.119. The van der Waals surface area contributed by atoms with Crippen LogP contribution in [0.1, 0.15) is 34.9 Å². The molecule has 1 amide bonds. The highest BCUT2D eigenvalue weighted by atomic mass is 79.9. The van der Waals surface area contributed by atoms with E-state index in [1.807, 2.05) is 24.3 Å². The molecule has 0 aliphatic carbocycles. The first-order valence-corrected chi connectivity index (χ1v) is 7.98. The molecule has 1 aliphatic rings. The molecular weight excluding hydrogens is 346 g/mol. The zero-order valence-electron chi connectivity index (χ0n) is 12.0. The zero-order valence-corrected chi connectivity index (χ0v) is 13.5. The van der Waals surface area contributed by atoms with Crippen LogP contribution < -0.4 is 5.32 Å². The van der Waals surface area contributed by atoms with Crippen molar-refractivity contribution < 1.29 is 9.53 Å². The van der Waals surface area contributed by atoms with E-state index in [1.54, 1.807) is 6.07 Å². The van der Waals surface area contributed by atoms with E-state index in [2.05, 4.69) is 31.2 Å². The van der Waals surface area contributed by atoms with Crippen molar-refractivity contribution in [1.29, 1.82) is 0 Å². The predicted molar refractivity (Wildman–Crippen MR) is 86.9 cm³/mol. The van der Waals surface area contributed by atoms with Crippen LogP contribution in [0.5, 0.6) is 0 Å². The van der Waals surface area contributed by atoms with Crippen LogP contribution in [-0.4, -0.2) is 29.1 Å². The van der Waals surface area contributed by atoms with Crippen LogP contribution in [0.15, 0.2) is 41.1 Å². The van der Waals surface area contributed by atoms with E-state index in [0.29, 0.717) is 11.6 Å². The fourth-order valence-corrected chi connectivity index (χ4v) is 2.71. The largest absolute Gasteiger partial charge is 0.381 e. The maximum atomic E-state index is 12.3. The molecule has 1 N–H and O–H groups in total. The lowest BCUT2D eigenvalue weighted by Gasteiger charge is -2.21. The van der Waals surface area contributed by atoms with Gasteiger partial charge in [0, 0.05) is 35.0 Å². The molecule has 0 saturated carbocycles. The van der Waals surface area contributed by atoms with Crippen molar-refractivity contribution in [3.8, 4) is 0 Å². The van der Waals surface area contributed by atoms with Gasteiger partial charge in [0.05, 0.1) is 0 Å². The van der Waals surface area contributed by atoms with Gasteiger partial charge in [0.15, 0.2) is 0 Å². The third-order valence-electron chi connectivity index (χ3n) is 3.66. The van der Waals surface area contributed by atoms with Crippen LogP contribution in [0.3, 0.4) is 0 Å². The summed E-state index contributed by atoms with van der Waals surface area (Å²) in [5, 5.41) is 2.84. The summed E-state index contributed by atoms with van der Waals surface area (Å²) in [6, 6.07) is 9.21. The molecule has 6 heteroatoms. The first kappa shape index (κ1) is 15.1. The Kier molecular flexibility index (Phi) is 4.80. The summed E-state index contributed by atoms with van der Waals surface area (Å²) >= 11 is 3.37. The van der Waals surface area contributed by atoms with E-state index in [4.69, 9.17) is 4.74 Å². The Hall–Kier alpha value is -1.79. The Labute approximate surface area is 137 Å². The average molecular weight is 362 g/mol. The van der Waals surface area contributed by atoms with E-state index >= 15 is 0 Å². The quantitative estimate of drug-likeness (QED) is 0.909. The van der Waals surface area contributed by atoms with Gasteiger partial charge in [-0.05, 0) is 43.2 Å². The van der Waals surface area contributed by atoms with Gasteiger partial charge in [-0.1, -0.05) is 15.9 Å². The van der Waals surface area contributed by atoms with Gasteiger partial charge in [-0.2, -0.15) is 0 Å². The van der Waals surface area contributed by atoms with Gasteiger partial charge in [-0.15, -0.1) is 0 Å². The molecule has 1 aromatic heterocycles. The molecule has 3 rings (SSSR count). The number of ether oxygens (including phenoxy) is 1. The summed E-state index contributed by atoms with van der Waals surface area (Å²) in [4.78, 5) is 20.7. The number of amides is 1. The van der Waals surface area contributed by atoms with E-state index < -0.39 is 0 Å². The Balaban J connectivity index is 1.73. The van der Waals surface area contributed by atoms with Gasteiger partial charge in [-0.3, -0.25) is 4.79 Å². The van der Waals surface area contributed by atoms with Crippen molar-refractivity contribution in [1.82, 2.24) is 9.97 Å². The number of carbonyl (C=O) groups is 1. The number of hydrogen-bond donors (Lipinski definition) is 1. The van der Waals surface area contributed by atoms with Crippen LogP contribution in [-0.2, 0) is 4.74 Å². The molecule has 0 radical (unpaired) electrons. The minimum atomic E-state index is -0.224. The second-order valence-electron chi connectivity index (χ2n) is 5.18. The normalized spacial score (nSPS) is 15.5. The fourth-order valence-electron chi connectivity index (χ4n) is 2.44. The summed E-state index contributed by atoms with van der Waals surface area (Å²) < 4.78 is 6.33. The molecule has 1 aromatic carbocycles. The Bertz CT molecular complexity index is 655. The van der Waals surface area contributed by atoms with Gasteiger partial charge in [0.25, 0.3) is 5.91 Å². The second-order valence-corrected chi connectivity index (χ2v) is 6.09. The highest BCUT2D eigenvalue weighted by Crippen LogP contribution is 2.25. The van der Waals surface area contributed by atoms with E-state index in [1.165, 1.54) is 6.33 Å². The van der Waals surface area contributed by atoms with Crippen molar-refractivity contribution in [2.75, 3.05) is 18.5 Å². The van der Waals surface area contributed by atoms with Crippen LogP contribution >= 0.6 is 15.9 Å². The lowest BCUT2D eigenvalue weighted by molar-refractivity contribution is 0.0844. The number of aromatic nitrogens is 2. The summed E-state index contributed by atoms with van der Waals surface area (Å²) in [5.41, 5.74) is 2.04. The molecule has 5 nitrogen and oxygen atoms in total. The summed E-state index contributed by atoms with van der Waals surface area (Å²) in [6.07, 6.45) is 3.33. The zero-order chi connectivity index (χ0) is 15.4. The van der Waals surface area contributed by atoms with Crippen LogP contribution in [0, 0.1) is 0 Å². The smallest absolute Gasteiger partial charge is 0.274 e. The predicted octanol–water partition coefficient (Wildman–Crippen LogP) is 3.39. The van der Waals surface area contributed by atoms with Gasteiger partial charge in [0.1, 0.15) is 12.0 Å². The van der Waals surface area contributed by atoms with Crippen molar-refractivity contribution >= 4 is 27.5 Å². The number of carbonyl (C=O) groups excluding carboxylic acids is 1. The first-order valence-electron chi connectivity index (χ1n) is 7.19. The lowest BCUT2D eigenvalue weighted by atomic mass is 9.96. The number of nitrogens with one attached hydrogen (secondary N) is 1. The average Bonchev–Trinajstić information content (AvgIpc) is 2.58. The number of hydrogen-bond acceptors (Lipinski definition) is 4. The molecule has 2 aromatic rings. The molecule has 0 spiro atoms. The SMILES string of the molecule is O=C(Nc1ccc(Br)cc1)c1cc(C2CCOCC2)ncn1. The molecule has 114 valence electrons. The fraction of sp³-hybridized carbons (Fsp3) is 0.312. The minimum Gasteiger partial charge on any atom is -0.381 e. The van der Waals surface area contributed by atoms with Crippen LogP contribution in [0.4, 0.5) is 5.69 Å². The maximum absolute atomic E-state index is 12.3. The Morgan fingerprint density at radius 2 is 1.91 bits per heavy atom. The summed E-state index contributed by atoms with van der Waals surface area (Å²) in [6.45, 7) is 1.49. The first-order chi connectivity index (χ1) is 10.7. The van der Waals surface area contributed by atoms with Crippen molar-refractivity contribution in [2.45, 2.75) is 18.8 Å². The lowest BCUT2D eigenvalue weighted by Crippen LogP contribution is -2.18. The van der Waals surface area contributed by atoms with Gasteiger partial charge < -0.3 is 10.1 Å². The van der Waals surface area contributed by atoms with Gasteiger partial charge in [0.2, 0.25) is 0 Å².